The maximum Gasteiger partial charge on any atom is 0.322 e. The molecule has 3 amide bonds. The summed E-state index contributed by atoms with van der Waals surface area (Å²) < 4.78 is 0.940. The zero-order valence-corrected chi connectivity index (χ0v) is 21.7. The molecule has 174 valence electrons. The van der Waals surface area contributed by atoms with E-state index in [1.54, 1.807) is 16.2 Å². The van der Waals surface area contributed by atoms with Gasteiger partial charge in [0.2, 0.25) is 5.91 Å². The third-order valence-electron chi connectivity index (χ3n) is 5.01. The number of benzene rings is 2. The molecule has 0 aliphatic rings. The number of hydrogen-bond donors (Lipinski definition) is 1. The molecule has 0 aliphatic carbocycles. The average Bonchev–Trinajstić information content (AvgIpc) is 3.19. The summed E-state index contributed by atoms with van der Waals surface area (Å²) in [6.07, 6.45) is 0. The quantitative estimate of drug-likeness (QED) is 0.343. The molecule has 0 saturated carbocycles. The number of halogens is 1. The van der Waals surface area contributed by atoms with Gasteiger partial charge in [0, 0.05) is 33.0 Å². The Morgan fingerprint density at radius 3 is 2.24 bits per heavy atom. The van der Waals surface area contributed by atoms with Gasteiger partial charge in [-0.15, -0.1) is 11.3 Å². The van der Waals surface area contributed by atoms with Crippen LogP contribution in [0, 0.1) is 12.8 Å². The molecule has 0 aliphatic heterocycles. The summed E-state index contributed by atoms with van der Waals surface area (Å²) in [6, 6.07) is 21.2. The second-order valence-electron chi connectivity index (χ2n) is 8.46. The van der Waals surface area contributed by atoms with Crippen molar-refractivity contribution >= 4 is 44.9 Å². The van der Waals surface area contributed by atoms with Gasteiger partial charge >= 0.3 is 6.03 Å². The lowest BCUT2D eigenvalue weighted by Crippen LogP contribution is -2.45. The summed E-state index contributed by atoms with van der Waals surface area (Å²) in [5, 5.41) is 2.92. The number of anilines is 1. The molecule has 7 heteroatoms. The zero-order valence-electron chi connectivity index (χ0n) is 19.3. The van der Waals surface area contributed by atoms with Crippen LogP contribution in [0.4, 0.5) is 10.5 Å². The first-order valence-corrected chi connectivity index (χ1v) is 12.6. The maximum absolute atomic E-state index is 13.5. The third kappa shape index (κ3) is 8.02. The van der Waals surface area contributed by atoms with Crippen LogP contribution in [0.1, 0.15) is 29.2 Å². The predicted molar refractivity (Wildman–Crippen MR) is 139 cm³/mol. The van der Waals surface area contributed by atoms with Crippen molar-refractivity contribution in [3.8, 4) is 0 Å². The number of nitrogens with zero attached hydrogens (tertiary/aromatic N) is 2. The molecule has 3 rings (SSSR count). The van der Waals surface area contributed by atoms with Crippen LogP contribution in [-0.2, 0) is 17.9 Å². The largest absolute Gasteiger partial charge is 0.332 e. The molecule has 1 heterocycles. The van der Waals surface area contributed by atoms with Crippen molar-refractivity contribution in [3.05, 3.63) is 86.5 Å². The standard InChI is InChI=1S/C26H30BrN3O2S/c1-19(2)15-30(26(32)28-23-12-10-22(27)11-13-23)18-25(31)29(16-21-7-5-4-6-8-21)17-24-14-9-20(3)33-24/h4-14,19H,15-18H2,1-3H3,(H,28,32). The van der Waals surface area contributed by atoms with Crippen LogP contribution in [0.3, 0.4) is 0 Å². The Morgan fingerprint density at radius 2 is 1.64 bits per heavy atom. The smallest absolute Gasteiger partial charge is 0.322 e. The molecular formula is C26H30BrN3O2S. The molecule has 1 N–H and O–H groups in total. The Hall–Kier alpha value is -2.64. The Morgan fingerprint density at radius 1 is 0.939 bits per heavy atom. The molecule has 0 radical (unpaired) electrons. The molecular weight excluding hydrogens is 498 g/mol. The van der Waals surface area contributed by atoms with Crippen LogP contribution in [0.15, 0.2) is 71.2 Å². The summed E-state index contributed by atoms with van der Waals surface area (Å²) in [7, 11) is 0. The highest BCUT2D eigenvalue weighted by Crippen LogP contribution is 2.20. The normalized spacial score (nSPS) is 10.8. The van der Waals surface area contributed by atoms with Gasteiger partial charge in [0.25, 0.3) is 0 Å². The lowest BCUT2D eigenvalue weighted by molar-refractivity contribution is -0.133. The summed E-state index contributed by atoms with van der Waals surface area (Å²) in [4.78, 5) is 32.3. The molecule has 2 aromatic carbocycles. The van der Waals surface area contributed by atoms with Crippen molar-refractivity contribution in [1.29, 1.82) is 0 Å². The molecule has 0 spiro atoms. The van der Waals surface area contributed by atoms with E-state index in [2.05, 4.69) is 40.3 Å². The number of rotatable bonds is 9. The van der Waals surface area contributed by atoms with Crippen LogP contribution < -0.4 is 5.32 Å². The zero-order chi connectivity index (χ0) is 23.8. The molecule has 0 fully saturated rings. The van der Waals surface area contributed by atoms with Crippen LogP contribution in [-0.4, -0.2) is 34.8 Å². The number of hydrogen-bond acceptors (Lipinski definition) is 3. The van der Waals surface area contributed by atoms with Gasteiger partial charge in [-0.3, -0.25) is 4.79 Å². The van der Waals surface area contributed by atoms with Gasteiger partial charge in [0.05, 0.1) is 6.54 Å². The minimum Gasteiger partial charge on any atom is -0.332 e. The first kappa shape index (κ1) is 25.0. The van der Waals surface area contributed by atoms with Crippen LogP contribution >= 0.6 is 27.3 Å². The first-order valence-electron chi connectivity index (χ1n) is 11.0. The Labute approximate surface area is 208 Å². The fraction of sp³-hybridized carbons (Fsp3) is 0.308. The molecule has 5 nitrogen and oxygen atoms in total. The second-order valence-corrected chi connectivity index (χ2v) is 10.7. The van der Waals surface area contributed by atoms with E-state index in [0.717, 1.165) is 14.9 Å². The average molecular weight is 529 g/mol. The number of aryl methyl sites for hydroxylation is 1. The van der Waals surface area contributed by atoms with Crippen LogP contribution in [0.5, 0.6) is 0 Å². The van der Waals surface area contributed by atoms with E-state index in [4.69, 9.17) is 0 Å². The van der Waals surface area contributed by atoms with E-state index in [-0.39, 0.29) is 24.4 Å². The van der Waals surface area contributed by atoms with E-state index in [1.165, 1.54) is 4.88 Å². The topological polar surface area (TPSA) is 52.7 Å². The molecule has 0 atom stereocenters. The van der Waals surface area contributed by atoms with Crippen molar-refractivity contribution in [2.45, 2.75) is 33.9 Å². The summed E-state index contributed by atoms with van der Waals surface area (Å²) in [5.74, 6) is 0.160. The highest BCUT2D eigenvalue weighted by Gasteiger charge is 2.23. The van der Waals surface area contributed by atoms with E-state index < -0.39 is 0 Å². The lowest BCUT2D eigenvalue weighted by atomic mass is 10.2. The number of amides is 3. The van der Waals surface area contributed by atoms with Gasteiger partial charge in [-0.1, -0.05) is 60.1 Å². The Kier molecular flexibility index (Phi) is 9.09. The third-order valence-corrected chi connectivity index (χ3v) is 6.52. The Bertz CT molecular complexity index is 1050. The number of urea groups is 1. The summed E-state index contributed by atoms with van der Waals surface area (Å²) in [5.41, 5.74) is 1.76. The van der Waals surface area contributed by atoms with Gasteiger partial charge in [-0.25, -0.2) is 4.79 Å². The van der Waals surface area contributed by atoms with E-state index >= 15 is 0 Å². The molecule has 33 heavy (non-hydrogen) atoms. The van der Waals surface area contributed by atoms with Crippen LogP contribution in [0.2, 0.25) is 0 Å². The lowest BCUT2D eigenvalue weighted by Gasteiger charge is -2.29. The summed E-state index contributed by atoms with van der Waals surface area (Å²) in [6.45, 7) is 7.69. The highest BCUT2D eigenvalue weighted by molar-refractivity contribution is 9.10. The fourth-order valence-electron chi connectivity index (χ4n) is 3.45. The Balaban J connectivity index is 1.75. The van der Waals surface area contributed by atoms with E-state index in [0.29, 0.717) is 25.3 Å². The van der Waals surface area contributed by atoms with Crippen molar-refractivity contribution in [1.82, 2.24) is 9.80 Å². The molecule has 1 aromatic heterocycles. The van der Waals surface area contributed by atoms with Gasteiger partial charge < -0.3 is 15.1 Å². The van der Waals surface area contributed by atoms with E-state index in [1.807, 2.05) is 73.3 Å². The van der Waals surface area contributed by atoms with Crippen molar-refractivity contribution < 1.29 is 9.59 Å². The monoisotopic (exact) mass is 527 g/mol. The number of carbonyl (C=O) groups excluding carboxylic acids is 2. The fourth-order valence-corrected chi connectivity index (χ4v) is 4.62. The van der Waals surface area contributed by atoms with Crippen molar-refractivity contribution in [2.75, 3.05) is 18.4 Å². The van der Waals surface area contributed by atoms with Crippen molar-refractivity contribution in [2.24, 2.45) is 5.92 Å². The number of carbonyl (C=O) groups is 2. The summed E-state index contributed by atoms with van der Waals surface area (Å²) >= 11 is 5.10. The SMILES string of the molecule is Cc1ccc(CN(Cc2ccccc2)C(=O)CN(CC(C)C)C(=O)Nc2ccc(Br)cc2)s1. The van der Waals surface area contributed by atoms with Gasteiger partial charge in [0.15, 0.2) is 0 Å². The number of thiophene rings is 1. The van der Waals surface area contributed by atoms with Gasteiger partial charge in [-0.2, -0.15) is 0 Å². The molecule has 0 bridgehead atoms. The van der Waals surface area contributed by atoms with Gasteiger partial charge in [-0.05, 0) is 54.8 Å². The predicted octanol–water partition coefficient (Wildman–Crippen LogP) is 6.54. The van der Waals surface area contributed by atoms with E-state index in [9.17, 15) is 9.59 Å². The highest BCUT2D eigenvalue weighted by atomic mass is 79.9. The second kappa shape index (κ2) is 12.0. The van der Waals surface area contributed by atoms with Gasteiger partial charge in [0.1, 0.15) is 6.54 Å². The minimum absolute atomic E-state index is 0.0255. The first-order chi connectivity index (χ1) is 15.8. The molecule has 3 aromatic rings. The van der Waals surface area contributed by atoms with Crippen LogP contribution in [0.25, 0.3) is 0 Å². The molecule has 0 saturated heterocycles. The number of nitrogens with one attached hydrogen (secondary N) is 1. The molecule has 0 unspecified atom stereocenters. The minimum atomic E-state index is -0.272. The maximum atomic E-state index is 13.5. The van der Waals surface area contributed by atoms with Crippen molar-refractivity contribution in [3.63, 3.8) is 0 Å².